The lowest BCUT2D eigenvalue weighted by molar-refractivity contribution is 1.19. The summed E-state index contributed by atoms with van der Waals surface area (Å²) in [6, 6.07) is 59.8. The number of benzene rings is 7. The first kappa shape index (κ1) is 25.8. The minimum atomic E-state index is 0.710. The Morgan fingerprint density at radius 3 is 1.41 bits per heavy atom. The van der Waals surface area contributed by atoms with Gasteiger partial charge >= 0.3 is 0 Å². The summed E-state index contributed by atoms with van der Waals surface area (Å²) in [5, 5.41) is 4.84. The lowest BCUT2D eigenvalue weighted by Crippen LogP contribution is -1.97. The quantitative estimate of drug-likeness (QED) is 0.196. The molecule has 0 aliphatic carbocycles. The van der Waals surface area contributed by atoms with Crippen molar-refractivity contribution in [1.82, 2.24) is 9.97 Å². The number of fused-ring (bicyclic) bond motifs is 3. The van der Waals surface area contributed by atoms with Gasteiger partial charge in [0.2, 0.25) is 0 Å². The molecule has 0 saturated heterocycles. The normalized spacial score (nSPS) is 11.2. The van der Waals surface area contributed by atoms with Crippen molar-refractivity contribution < 1.29 is 0 Å². The highest BCUT2D eigenvalue weighted by Crippen LogP contribution is 2.38. The molecule has 8 aromatic rings. The van der Waals surface area contributed by atoms with Crippen LogP contribution in [0.15, 0.2) is 170 Å². The Morgan fingerprint density at radius 1 is 0.295 bits per heavy atom. The number of rotatable bonds is 5. The Balaban J connectivity index is 1.41. The second-order valence-corrected chi connectivity index (χ2v) is 11.0. The fourth-order valence-electron chi connectivity index (χ4n) is 6.09. The Kier molecular flexibility index (Phi) is 6.51. The van der Waals surface area contributed by atoms with Crippen LogP contribution < -0.4 is 0 Å². The molecule has 0 saturated carbocycles. The molecule has 0 aliphatic heterocycles. The third kappa shape index (κ3) is 4.83. The van der Waals surface area contributed by atoms with Crippen LogP contribution >= 0.6 is 0 Å². The van der Waals surface area contributed by atoms with Gasteiger partial charge in [-0.05, 0) is 74.1 Å². The molecular weight excluding hydrogens is 532 g/mol. The van der Waals surface area contributed by atoms with Crippen LogP contribution in [0.3, 0.4) is 0 Å². The molecule has 1 aromatic heterocycles. The molecule has 0 N–H and O–H groups in total. The number of aromatic nitrogens is 2. The van der Waals surface area contributed by atoms with Gasteiger partial charge in [-0.25, -0.2) is 9.97 Å². The third-order valence-corrected chi connectivity index (χ3v) is 8.25. The molecule has 0 amide bonds. The molecule has 0 radical (unpaired) electrons. The van der Waals surface area contributed by atoms with E-state index < -0.39 is 0 Å². The first-order valence-corrected chi connectivity index (χ1v) is 14.9. The maximum absolute atomic E-state index is 5.21. The fourth-order valence-corrected chi connectivity index (χ4v) is 6.09. The van der Waals surface area contributed by atoms with E-state index >= 15 is 0 Å². The van der Waals surface area contributed by atoms with Crippen LogP contribution in [-0.4, -0.2) is 9.97 Å². The first-order chi connectivity index (χ1) is 21.8. The van der Waals surface area contributed by atoms with Crippen molar-refractivity contribution in [1.29, 1.82) is 0 Å². The molecule has 0 atom stereocenters. The molecule has 0 fully saturated rings. The van der Waals surface area contributed by atoms with Crippen LogP contribution in [-0.2, 0) is 0 Å². The highest BCUT2D eigenvalue weighted by Gasteiger charge is 2.16. The second kappa shape index (κ2) is 11.1. The molecule has 2 nitrogen and oxygen atoms in total. The molecule has 7 aromatic carbocycles. The van der Waals surface area contributed by atoms with Crippen molar-refractivity contribution in [2.24, 2.45) is 0 Å². The predicted octanol–water partition coefficient (Wildman–Crippen LogP) is 11.1. The van der Waals surface area contributed by atoms with E-state index in [0.717, 1.165) is 39.2 Å². The zero-order valence-electron chi connectivity index (χ0n) is 24.1. The van der Waals surface area contributed by atoms with Crippen molar-refractivity contribution in [3.05, 3.63) is 170 Å². The highest BCUT2D eigenvalue weighted by atomic mass is 14.9. The van der Waals surface area contributed by atoms with E-state index in [1.807, 2.05) is 18.2 Å². The van der Waals surface area contributed by atoms with Crippen LogP contribution in [0.25, 0.3) is 77.7 Å². The summed E-state index contributed by atoms with van der Waals surface area (Å²) < 4.78 is 0. The summed E-state index contributed by atoms with van der Waals surface area (Å²) in [5.41, 5.74) is 9.58. The highest BCUT2D eigenvalue weighted by molar-refractivity contribution is 6.13. The Hall–Kier alpha value is -5.86. The molecule has 1 heterocycles. The molecule has 0 aliphatic rings. The van der Waals surface area contributed by atoms with Crippen LogP contribution in [0.4, 0.5) is 0 Å². The maximum Gasteiger partial charge on any atom is 0.160 e. The molecule has 0 unspecified atom stereocenters. The molecular formula is C42H28N2. The molecule has 8 rings (SSSR count). The second-order valence-electron chi connectivity index (χ2n) is 11.0. The lowest BCUT2D eigenvalue weighted by atomic mass is 9.93. The topological polar surface area (TPSA) is 25.8 Å². The summed E-state index contributed by atoms with van der Waals surface area (Å²) >= 11 is 0. The summed E-state index contributed by atoms with van der Waals surface area (Å²) in [6.45, 7) is 0. The molecule has 206 valence electrons. The minimum Gasteiger partial charge on any atom is -0.228 e. The van der Waals surface area contributed by atoms with Gasteiger partial charge in [0.25, 0.3) is 0 Å². The predicted molar refractivity (Wildman–Crippen MR) is 184 cm³/mol. The van der Waals surface area contributed by atoms with Gasteiger partial charge in [0, 0.05) is 16.7 Å². The van der Waals surface area contributed by atoms with Gasteiger partial charge in [0.15, 0.2) is 5.82 Å². The molecule has 0 bridgehead atoms. The van der Waals surface area contributed by atoms with Crippen LogP contribution in [0.5, 0.6) is 0 Å². The van der Waals surface area contributed by atoms with Crippen molar-refractivity contribution in [3.63, 3.8) is 0 Å². The SMILES string of the molecule is c1ccc(-c2cc(-c3ccccc3)cc(-c3cc(-c4cc5ccccc5c5ccccc45)nc(-c4ccccc4)n3)c2)cc1. The van der Waals surface area contributed by atoms with E-state index in [1.165, 1.54) is 32.7 Å². The van der Waals surface area contributed by atoms with E-state index in [2.05, 4.69) is 152 Å². The van der Waals surface area contributed by atoms with Gasteiger partial charge in [-0.2, -0.15) is 0 Å². The van der Waals surface area contributed by atoms with E-state index in [0.29, 0.717) is 5.82 Å². The molecule has 0 spiro atoms. The van der Waals surface area contributed by atoms with Gasteiger partial charge in [-0.1, -0.05) is 140 Å². The van der Waals surface area contributed by atoms with E-state index in [1.54, 1.807) is 0 Å². The summed E-state index contributed by atoms with van der Waals surface area (Å²) in [5.74, 6) is 0.710. The van der Waals surface area contributed by atoms with E-state index in [-0.39, 0.29) is 0 Å². The van der Waals surface area contributed by atoms with Crippen LogP contribution in [0, 0.1) is 0 Å². The number of nitrogens with zero attached hydrogens (tertiary/aromatic N) is 2. The van der Waals surface area contributed by atoms with Crippen molar-refractivity contribution in [3.8, 4) is 56.2 Å². The maximum atomic E-state index is 5.21. The zero-order chi connectivity index (χ0) is 29.3. The largest absolute Gasteiger partial charge is 0.228 e. The molecule has 2 heteroatoms. The van der Waals surface area contributed by atoms with Crippen molar-refractivity contribution in [2.45, 2.75) is 0 Å². The zero-order valence-corrected chi connectivity index (χ0v) is 24.1. The number of hydrogen-bond acceptors (Lipinski definition) is 2. The lowest BCUT2D eigenvalue weighted by Gasteiger charge is -2.15. The monoisotopic (exact) mass is 560 g/mol. The van der Waals surface area contributed by atoms with Gasteiger partial charge in [0.05, 0.1) is 11.4 Å². The first-order valence-electron chi connectivity index (χ1n) is 14.9. The fraction of sp³-hybridized carbons (Fsp3) is 0. The van der Waals surface area contributed by atoms with E-state index in [9.17, 15) is 0 Å². The Labute approximate surface area is 257 Å². The summed E-state index contributed by atoms with van der Waals surface area (Å²) in [7, 11) is 0. The van der Waals surface area contributed by atoms with Gasteiger partial charge in [0.1, 0.15) is 0 Å². The summed E-state index contributed by atoms with van der Waals surface area (Å²) in [4.78, 5) is 10.4. The average molecular weight is 561 g/mol. The average Bonchev–Trinajstić information content (AvgIpc) is 3.12. The Bertz CT molecular complexity index is 2200. The number of hydrogen-bond donors (Lipinski definition) is 0. The Morgan fingerprint density at radius 2 is 0.773 bits per heavy atom. The minimum absolute atomic E-state index is 0.710. The van der Waals surface area contributed by atoms with Gasteiger partial charge in [-0.3, -0.25) is 0 Å². The standard InChI is InChI=1S/C42H28N2/c1-4-14-29(15-5-1)33-24-34(30-16-6-2-7-17-30)26-35(25-33)40-28-41(44-42(43-40)31-18-8-3-9-19-31)39-27-32-20-10-11-21-36(32)37-22-12-13-23-38(37)39/h1-28H. The van der Waals surface area contributed by atoms with E-state index in [4.69, 9.17) is 9.97 Å². The van der Waals surface area contributed by atoms with Crippen LogP contribution in [0.2, 0.25) is 0 Å². The van der Waals surface area contributed by atoms with Crippen molar-refractivity contribution in [2.75, 3.05) is 0 Å². The molecule has 44 heavy (non-hydrogen) atoms. The van der Waals surface area contributed by atoms with Crippen LogP contribution in [0.1, 0.15) is 0 Å². The van der Waals surface area contributed by atoms with Gasteiger partial charge in [-0.15, -0.1) is 0 Å². The van der Waals surface area contributed by atoms with Gasteiger partial charge < -0.3 is 0 Å². The summed E-state index contributed by atoms with van der Waals surface area (Å²) in [6.07, 6.45) is 0. The smallest absolute Gasteiger partial charge is 0.160 e. The third-order valence-electron chi connectivity index (χ3n) is 8.25. The van der Waals surface area contributed by atoms with Crippen molar-refractivity contribution >= 4 is 21.5 Å².